The standard InChI is InChI=1S/C19H30O/c1-2-12-5-3-8-16-15-10-9-13-6-4-7-14(13)17(15)11-18(20)19(12)16/h2,13-20H,3-11H2,1H3. The Bertz CT molecular complexity index is 399. The van der Waals surface area contributed by atoms with E-state index < -0.39 is 0 Å². The molecule has 7 unspecified atom stereocenters. The van der Waals surface area contributed by atoms with Crippen molar-refractivity contribution < 1.29 is 5.11 Å². The maximum Gasteiger partial charge on any atom is 0.0611 e. The van der Waals surface area contributed by atoms with E-state index in [0.717, 1.165) is 36.0 Å². The third-order valence-corrected chi connectivity index (χ3v) is 7.43. The third-order valence-electron chi connectivity index (χ3n) is 7.43. The van der Waals surface area contributed by atoms with Crippen LogP contribution in [0.3, 0.4) is 0 Å². The van der Waals surface area contributed by atoms with Gasteiger partial charge in [-0.25, -0.2) is 0 Å². The summed E-state index contributed by atoms with van der Waals surface area (Å²) in [6.07, 6.45) is 14.8. The average molecular weight is 274 g/mol. The Morgan fingerprint density at radius 1 is 0.900 bits per heavy atom. The molecule has 1 heteroatoms. The Morgan fingerprint density at radius 2 is 1.75 bits per heavy atom. The molecule has 4 rings (SSSR count). The summed E-state index contributed by atoms with van der Waals surface area (Å²) >= 11 is 0. The predicted octanol–water partition coefficient (Wildman–Crippen LogP) is 4.56. The summed E-state index contributed by atoms with van der Waals surface area (Å²) in [4.78, 5) is 0. The van der Waals surface area contributed by atoms with Gasteiger partial charge in [-0.1, -0.05) is 24.5 Å². The zero-order valence-corrected chi connectivity index (χ0v) is 12.9. The molecular formula is C19H30O. The van der Waals surface area contributed by atoms with Gasteiger partial charge < -0.3 is 5.11 Å². The van der Waals surface area contributed by atoms with Crippen molar-refractivity contribution in [3.05, 3.63) is 11.6 Å². The molecule has 4 fully saturated rings. The van der Waals surface area contributed by atoms with Gasteiger partial charge in [0, 0.05) is 5.92 Å². The lowest BCUT2D eigenvalue weighted by molar-refractivity contribution is -0.0725. The van der Waals surface area contributed by atoms with Crippen molar-refractivity contribution in [2.75, 3.05) is 0 Å². The van der Waals surface area contributed by atoms with Crippen LogP contribution < -0.4 is 0 Å². The fourth-order valence-electron chi connectivity index (χ4n) is 6.75. The number of hydrogen-bond acceptors (Lipinski definition) is 1. The van der Waals surface area contributed by atoms with Gasteiger partial charge in [-0.15, -0.1) is 0 Å². The van der Waals surface area contributed by atoms with Crippen molar-refractivity contribution in [2.24, 2.45) is 35.5 Å². The summed E-state index contributed by atoms with van der Waals surface area (Å²) in [6, 6.07) is 0. The highest BCUT2D eigenvalue weighted by molar-refractivity contribution is 5.16. The van der Waals surface area contributed by atoms with Gasteiger partial charge in [0.15, 0.2) is 0 Å². The van der Waals surface area contributed by atoms with Crippen molar-refractivity contribution >= 4 is 0 Å². The largest absolute Gasteiger partial charge is 0.392 e. The highest BCUT2D eigenvalue weighted by Crippen LogP contribution is 2.58. The Hall–Kier alpha value is -0.300. The Kier molecular flexibility index (Phi) is 3.45. The first-order valence-corrected chi connectivity index (χ1v) is 9.12. The highest BCUT2D eigenvalue weighted by atomic mass is 16.3. The van der Waals surface area contributed by atoms with Gasteiger partial charge in [0.1, 0.15) is 0 Å². The number of hydrogen-bond donors (Lipinski definition) is 1. The summed E-state index contributed by atoms with van der Waals surface area (Å²) in [7, 11) is 0. The fraction of sp³-hybridized carbons (Fsp3) is 0.895. The monoisotopic (exact) mass is 274 g/mol. The summed E-state index contributed by atoms with van der Waals surface area (Å²) in [6.45, 7) is 2.18. The van der Waals surface area contributed by atoms with E-state index in [4.69, 9.17) is 0 Å². The van der Waals surface area contributed by atoms with Crippen molar-refractivity contribution in [3.8, 4) is 0 Å². The van der Waals surface area contributed by atoms with E-state index in [1.807, 2.05) is 0 Å². The van der Waals surface area contributed by atoms with E-state index in [-0.39, 0.29) is 6.10 Å². The molecule has 0 heterocycles. The SMILES string of the molecule is CC=C1CCCC2C3CCC4CCCC4C3CC(O)C12. The molecule has 1 N–H and O–H groups in total. The van der Waals surface area contributed by atoms with E-state index >= 15 is 0 Å². The van der Waals surface area contributed by atoms with Crippen LogP contribution in [0.4, 0.5) is 0 Å². The molecule has 112 valence electrons. The van der Waals surface area contributed by atoms with Gasteiger partial charge in [-0.2, -0.15) is 0 Å². The topological polar surface area (TPSA) is 20.2 Å². The van der Waals surface area contributed by atoms with Crippen molar-refractivity contribution in [1.29, 1.82) is 0 Å². The van der Waals surface area contributed by atoms with Gasteiger partial charge in [-0.05, 0) is 81.5 Å². The van der Waals surface area contributed by atoms with E-state index in [2.05, 4.69) is 13.0 Å². The van der Waals surface area contributed by atoms with E-state index in [9.17, 15) is 5.11 Å². The first-order valence-electron chi connectivity index (χ1n) is 9.12. The smallest absolute Gasteiger partial charge is 0.0611 e. The number of aliphatic hydroxyl groups excluding tert-OH is 1. The molecule has 0 saturated heterocycles. The van der Waals surface area contributed by atoms with Crippen LogP contribution >= 0.6 is 0 Å². The van der Waals surface area contributed by atoms with Gasteiger partial charge in [0.05, 0.1) is 6.10 Å². The maximum atomic E-state index is 10.8. The van der Waals surface area contributed by atoms with Gasteiger partial charge in [0.25, 0.3) is 0 Å². The first-order chi connectivity index (χ1) is 9.79. The molecule has 0 aromatic heterocycles. The molecule has 1 nitrogen and oxygen atoms in total. The number of fused-ring (bicyclic) bond motifs is 5. The predicted molar refractivity (Wildman–Crippen MR) is 82.3 cm³/mol. The molecule has 0 aromatic rings. The quantitative estimate of drug-likeness (QED) is 0.642. The second-order valence-electron chi connectivity index (χ2n) is 8.01. The number of aliphatic hydroxyl groups is 1. The lowest BCUT2D eigenvalue weighted by Crippen LogP contribution is -2.49. The van der Waals surface area contributed by atoms with E-state index in [1.165, 1.54) is 51.4 Å². The van der Waals surface area contributed by atoms with Crippen molar-refractivity contribution in [1.82, 2.24) is 0 Å². The van der Waals surface area contributed by atoms with Gasteiger partial charge in [-0.3, -0.25) is 0 Å². The third kappa shape index (κ3) is 1.92. The first kappa shape index (κ1) is 13.4. The Balaban J connectivity index is 1.63. The number of rotatable bonds is 0. The van der Waals surface area contributed by atoms with Crippen LogP contribution in [0.1, 0.15) is 64.7 Å². The van der Waals surface area contributed by atoms with Gasteiger partial charge in [0.2, 0.25) is 0 Å². The van der Waals surface area contributed by atoms with Crippen molar-refractivity contribution in [2.45, 2.75) is 70.8 Å². The van der Waals surface area contributed by atoms with Crippen LogP contribution in [-0.2, 0) is 0 Å². The Morgan fingerprint density at radius 3 is 2.60 bits per heavy atom. The molecule has 0 radical (unpaired) electrons. The van der Waals surface area contributed by atoms with Crippen LogP contribution in [0.15, 0.2) is 11.6 Å². The summed E-state index contributed by atoms with van der Waals surface area (Å²) in [5.74, 6) is 5.13. The molecule has 20 heavy (non-hydrogen) atoms. The molecule has 0 aromatic carbocycles. The number of allylic oxidation sites excluding steroid dienone is 1. The van der Waals surface area contributed by atoms with Crippen LogP contribution in [-0.4, -0.2) is 11.2 Å². The normalized spacial score (nSPS) is 53.3. The molecule has 4 saturated carbocycles. The molecule has 4 aliphatic rings. The highest BCUT2D eigenvalue weighted by Gasteiger charge is 2.52. The minimum Gasteiger partial charge on any atom is -0.392 e. The van der Waals surface area contributed by atoms with E-state index in [1.54, 1.807) is 5.57 Å². The second-order valence-corrected chi connectivity index (χ2v) is 8.01. The molecular weight excluding hydrogens is 244 g/mol. The lowest BCUT2D eigenvalue weighted by Gasteiger charge is -2.54. The minimum atomic E-state index is -0.0351. The molecule has 0 amide bonds. The summed E-state index contributed by atoms with van der Waals surface area (Å²) in [5.41, 5.74) is 1.58. The van der Waals surface area contributed by atoms with Gasteiger partial charge >= 0.3 is 0 Å². The molecule has 4 aliphatic carbocycles. The van der Waals surface area contributed by atoms with Crippen molar-refractivity contribution in [3.63, 3.8) is 0 Å². The molecule has 0 spiro atoms. The molecule has 0 aliphatic heterocycles. The minimum absolute atomic E-state index is 0.0351. The van der Waals surface area contributed by atoms with Crippen LogP contribution in [0, 0.1) is 35.5 Å². The zero-order chi connectivity index (χ0) is 13.7. The average Bonchev–Trinajstić information content (AvgIpc) is 2.95. The summed E-state index contributed by atoms with van der Waals surface area (Å²) in [5, 5.41) is 10.8. The lowest BCUT2D eigenvalue weighted by atomic mass is 9.52. The maximum absolute atomic E-state index is 10.8. The molecule has 7 atom stereocenters. The molecule has 0 bridgehead atoms. The van der Waals surface area contributed by atoms with Crippen LogP contribution in [0.25, 0.3) is 0 Å². The zero-order valence-electron chi connectivity index (χ0n) is 12.9. The fourth-order valence-corrected chi connectivity index (χ4v) is 6.75. The van der Waals surface area contributed by atoms with Crippen LogP contribution in [0.5, 0.6) is 0 Å². The van der Waals surface area contributed by atoms with Crippen LogP contribution in [0.2, 0.25) is 0 Å². The second kappa shape index (κ2) is 5.16. The summed E-state index contributed by atoms with van der Waals surface area (Å²) < 4.78 is 0. The Labute approximate surface area is 123 Å². The van der Waals surface area contributed by atoms with E-state index in [0.29, 0.717) is 5.92 Å².